The second kappa shape index (κ2) is 9.55. The van der Waals surface area contributed by atoms with Gasteiger partial charge in [-0.2, -0.15) is 0 Å². The number of hydrogen-bond donors (Lipinski definition) is 3. The number of oxazole rings is 1. The van der Waals surface area contributed by atoms with Crippen molar-refractivity contribution in [1.82, 2.24) is 15.2 Å². The summed E-state index contributed by atoms with van der Waals surface area (Å²) in [4.78, 5) is 16.7. The molecule has 3 N–H and O–H groups in total. The number of β-amino-alcohol motifs (C(OH)–C–C–N with tert-alkyl or cyclic N) is 1. The van der Waals surface area contributed by atoms with E-state index in [9.17, 15) is 9.90 Å². The van der Waals surface area contributed by atoms with Crippen molar-refractivity contribution in [2.45, 2.75) is 25.4 Å². The summed E-state index contributed by atoms with van der Waals surface area (Å²) in [7, 11) is 0. The highest BCUT2D eigenvalue weighted by Crippen LogP contribution is 2.21. The lowest BCUT2D eigenvalue weighted by atomic mass is 9.90. The molecule has 0 spiro atoms. The number of rotatable bonds is 7. The number of likely N-dealkylation sites (tertiary alicyclic amines) is 1. The summed E-state index contributed by atoms with van der Waals surface area (Å²) in [5, 5.41) is 13.6. The van der Waals surface area contributed by atoms with E-state index in [0.29, 0.717) is 29.2 Å². The molecule has 6 nitrogen and oxygen atoms in total. The first kappa shape index (κ1) is 20.8. The van der Waals surface area contributed by atoms with Crippen molar-refractivity contribution >= 4 is 28.3 Å². The van der Waals surface area contributed by atoms with Crippen LogP contribution in [0.15, 0.2) is 57.7 Å². The van der Waals surface area contributed by atoms with Crippen LogP contribution in [0.2, 0.25) is 0 Å². The number of aromatic nitrogens is 1. The molecule has 1 fully saturated rings. The summed E-state index contributed by atoms with van der Waals surface area (Å²) >= 11 is 5.42. The number of piperidine rings is 1. The number of H-pyrrole nitrogens is 1. The van der Waals surface area contributed by atoms with E-state index in [1.807, 2.05) is 6.07 Å². The monoisotopic (exact) mass is 425 g/mol. The van der Waals surface area contributed by atoms with Crippen molar-refractivity contribution in [3.63, 3.8) is 0 Å². The predicted molar refractivity (Wildman–Crippen MR) is 122 cm³/mol. The molecule has 0 aliphatic carbocycles. The molecule has 1 saturated heterocycles. The lowest BCUT2D eigenvalue weighted by Gasteiger charge is -2.33. The third-order valence-electron chi connectivity index (χ3n) is 5.72. The zero-order chi connectivity index (χ0) is 20.9. The van der Waals surface area contributed by atoms with E-state index in [0.717, 1.165) is 43.8 Å². The highest BCUT2D eigenvalue weighted by molar-refractivity contribution is 7.80. The molecule has 2 heterocycles. The normalized spacial score (nSPS) is 16.6. The van der Waals surface area contributed by atoms with Gasteiger partial charge in [-0.1, -0.05) is 42.5 Å². The van der Waals surface area contributed by atoms with Crippen molar-refractivity contribution in [1.29, 1.82) is 0 Å². The molecule has 3 aromatic rings. The highest BCUT2D eigenvalue weighted by Gasteiger charge is 2.21. The molecule has 2 aromatic carbocycles. The van der Waals surface area contributed by atoms with Crippen LogP contribution in [0.5, 0.6) is 0 Å². The minimum atomic E-state index is -0.498. The van der Waals surface area contributed by atoms with Crippen LogP contribution in [-0.4, -0.2) is 52.3 Å². The van der Waals surface area contributed by atoms with Crippen molar-refractivity contribution in [3.05, 3.63) is 70.2 Å². The Balaban J connectivity index is 1.20. The van der Waals surface area contributed by atoms with Gasteiger partial charge in [-0.25, -0.2) is 4.79 Å². The molecule has 1 aliphatic rings. The summed E-state index contributed by atoms with van der Waals surface area (Å²) in [6.07, 6.45) is 2.96. The Morgan fingerprint density at radius 1 is 1.23 bits per heavy atom. The zero-order valence-electron chi connectivity index (χ0n) is 16.8. The summed E-state index contributed by atoms with van der Waals surface area (Å²) in [5.41, 5.74) is 3.28. The Bertz CT molecular complexity index is 1040. The van der Waals surface area contributed by atoms with E-state index in [1.54, 1.807) is 12.1 Å². The Hall–Kier alpha value is -2.48. The van der Waals surface area contributed by atoms with Crippen molar-refractivity contribution in [2.75, 3.05) is 26.2 Å². The molecule has 30 heavy (non-hydrogen) atoms. The molecule has 0 bridgehead atoms. The van der Waals surface area contributed by atoms with Gasteiger partial charge in [0.2, 0.25) is 0 Å². The zero-order valence-corrected chi connectivity index (χ0v) is 17.7. The highest BCUT2D eigenvalue weighted by atomic mass is 32.1. The van der Waals surface area contributed by atoms with Gasteiger partial charge < -0.3 is 19.7 Å². The second-order valence-electron chi connectivity index (χ2n) is 8.02. The van der Waals surface area contributed by atoms with E-state index < -0.39 is 11.9 Å². The number of fused-ring (bicyclic) bond motifs is 1. The van der Waals surface area contributed by atoms with Gasteiger partial charge in [-0.15, -0.1) is 0 Å². The fraction of sp³-hybridized carbons (Fsp3) is 0.391. The number of nitrogens with zero attached hydrogens (tertiary/aromatic N) is 1. The molecule has 4 rings (SSSR count). The van der Waals surface area contributed by atoms with Gasteiger partial charge in [0.05, 0.1) is 11.6 Å². The maximum absolute atomic E-state index is 11.3. The van der Waals surface area contributed by atoms with Gasteiger partial charge in [0.1, 0.15) is 4.99 Å². The standard InChI is InChI=1S/C23H27N3O3S/c27-19(14-24-22(30)18-6-7-20-21(13-18)29-23(28)25-20)15-26-10-8-17(9-11-26)12-16-4-2-1-3-5-16/h1-7,13,17,19,27H,8-12,14-15H2,(H,24,30)(H,25,28). The molecule has 0 radical (unpaired) electrons. The van der Waals surface area contributed by atoms with Crippen LogP contribution in [0.3, 0.4) is 0 Å². The molecule has 1 atom stereocenters. The van der Waals surface area contributed by atoms with Gasteiger partial charge in [-0.05, 0) is 62.0 Å². The van der Waals surface area contributed by atoms with E-state index in [-0.39, 0.29) is 0 Å². The molecule has 158 valence electrons. The first-order valence-electron chi connectivity index (χ1n) is 10.4. The van der Waals surface area contributed by atoms with Gasteiger partial charge in [0.25, 0.3) is 0 Å². The third-order valence-corrected chi connectivity index (χ3v) is 6.10. The topological polar surface area (TPSA) is 81.5 Å². The molecule has 1 aromatic heterocycles. The fourth-order valence-corrected chi connectivity index (χ4v) is 4.29. The molecular weight excluding hydrogens is 398 g/mol. The number of nitrogens with one attached hydrogen (secondary N) is 2. The first-order chi connectivity index (χ1) is 14.6. The Morgan fingerprint density at radius 2 is 2.00 bits per heavy atom. The SMILES string of the molecule is O=c1[nH]c2ccc(C(=S)NCC(O)CN3CCC(Cc4ccccc4)CC3)cc2o1. The Labute approximate surface area is 180 Å². The van der Waals surface area contributed by atoms with E-state index >= 15 is 0 Å². The van der Waals surface area contributed by atoms with Crippen molar-refractivity contribution in [2.24, 2.45) is 5.92 Å². The minimum Gasteiger partial charge on any atom is -0.408 e. The number of benzene rings is 2. The maximum Gasteiger partial charge on any atom is 0.417 e. The maximum atomic E-state index is 11.3. The van der Waals surface area contributed by atoms with Crippen LogP contribution in [0.25, 0.3) is 11.1 Å². The number of hydrogen-bond acceptors (Lipinski definition) is 5. The van der Waals surface area contributed by atoms with Crippen molar-refractivity contribution < 1.29 is 9.52 Å². The molecular formula is C23H27N3O3S. The smallest absolute Gasteiger partial charge is 0.408 e. The molecule has 7 heteroatoms. The fourth-order valence-electron chi connectivity index (χ4n) is 4.08. The van der Waals surface area contributed by atoms with E-state index in [2.05, 4.69) is 45.5 Å². The number of thiocarbonyl (C=S) groups is 1. The van der Waals surface area contributed by atoms with Gasteiger partial charge in [-0.3, -0.25) is 4.98 Å². The van der Waals surface area contributed by atoms with Crippen LogP contribution in [0.4, 0.5) is 0 Å². The quantitative estimate of drug-likeness (QED) is 0.505. The summed E-state index contributed by atoms with van der Waals surface area (Å²) < 4.78 is 5.08. The van der Waals surface area contributed by atoms with Crippen molar-refractivity contribution in [3.8, 4) is 0 Å². The lowest BCUT2D eigenvalue weighted by Crippen LogP contribution is -2.43. The summed E-state index contributed by atoms with van der Waals surface area (Å²) in [6.45, 7) is 3.06. The van der Waals surface area contributed by atoms with E-state index in [4.69, 9.17) is 16.6 Å². The number of aliphatic hydroxyl groups is 1. The van der Waals surface area contributed by atoms with Crippen LogP contribution in [0, 0.1) is 5.92 Å². The Kier molecular flexibility index (Phi) is 6.62. The average molecular weight is 426 g/mol. The molecule has 0 amide bonds. The predicted octanol–water partition coefficient (Wildman–Crippen LogP) is 2.70. The van der Waals surface area contributed by atoms with Crippen LogP contribution >= 0.6 is 12.2 Å². The average Bonchev–Trinajstić information content (AvgIpc) is 3.13. The lowest BCUT2D eigenvalue weighted by molar-refractivity contribution is 0.0916. The Morgan fingerprint density at radius 3 is 2.77 bits per heavy atom. The number of aromatic amines is 1. The summed E-state index contributed by atoms with van der Waals surface area (Å²) in [5.74, 6) is 0.235. The van der Waals surface area contributed by atoms with Gasteiger partial charge in [0, 0.05) is 18.7 Å². The van der Waals surface area contributed by atoms with Gasteiger partial charge in [0.15, 0.2) is 5.58 Å². The largest absolute Gasteiger partial charge is 0.417 e. The molecule has 0 saturated carbocycles. The minimum absolute atomic E-state index is 0.387. The molecule has 1 aliphatic heterocycles. The van der Waals surface area contributed by atoms with Crippen LogP contribution in [-0.2, 0) is 6.42 Å². The molecule has 1 unspecified atom stereocenters. The van der Waals surface area contributed by atoms with Crippen LogP contribution < -0.4 is 11.1 Å². The van der Waals surface area contributed by atoms with E-state index in [1.165, 1.54) is 5.56 Å². The summed E-state index contributed by atoms with van der Waals surface area (Å²) in [6, 6.07) is 16.0. The third kappa shape index (κ3) is 5.36. The van der Waals surface area contributed by atoms with Gasteiger partial charge >= 0.3 is 5.76 Å². The number of aliphatic hydroxyl groups excluding tert-OH is 1. The van der Waals surface area contributed by atoms with Crippen LogP contribution in [0.1, 0.15) is 24.0 Å². The first-order valence-corrected chi connectivity index (χ1v) is 10.8. The second-order valence-corrected chi connectivity index (χ2v) is 8.43.